The molecule has 0 atom stereocenters. The predicted molar refractivity (Wildman–Crippen MR) is 94.9 cm³/mol. The van der Waals surface area contributed by atoms with E-state index in [1.165, 1.54) is 13.2 Å². The number of sulfone groups is 1. The Kier molecular flexibility index (Phi) is 4.82. The lowest BCUT2D eigenvalue weighted by molar-refractivity contribution is 0.103. The van der Waals surface area contributed by atoms with Gasteiger partial charge in [-0.15, -0.1) is 0 Å². The van der Waals surface area contributed by atoms with E-state index in [1.807, 2.05) is 6.92 Å². The number of ketones is 1. The average molecular weight is 376 g/mol. The Labute approximate surface area is 151 Å². The molecule has 1 aliphatic rings. The molecule has 1 heterocycles. The van der Waals surface area contributed by atoms with E-state index in [1.54, 1.807) is 18.2 Å². The number of benzene rings is 2. The van der Waals surface area contributed by atoms with Crippen LogP contribution >= 0.6 is 0 Å². The maximum atomic E-state index is 13.5. The molecule has 0 aliphatic carbocycles. The molecule has 7 heteroatoms. The van der Waals surface area contributed by atoms with Gasteiger partial charge in [0, 0.05) is 11.1 Å². The molecule has 0 aromatic heterocycles. The first-order chi connectivity index (χ1) is 12.4. The van der Waals surface area contributed by atoms with Crippen LogP contribution in [0.25, 0.3) is 6.08 Å². The van der Waals surface area contributed by atoms with Gasteiger partial charge in [-0.25, -0.2) is 12.8 Å². The number of hydrogen-bond donors (Lipinski definition) is 0. The molecule has 136 valence electrons. The second kappa shape index (κ2) is 6.92. The van der Waals surface area contributed by atoms with E-state index in [-0.39, 0.29) is 16.0 Å². The molecule has 0 unspecified atom stereocenters. The van der Waals surface area contributed by atoms with Gasteiger partial charge in [-0.2, -0.15) is 0 Å². The van der Waals surface area contributed by atoms with Gasteiger partial charge in [-0.3, -0.25) is 4.79 Å². The third kappa shape index (κ3) is 3.35. The largest absolute Gasteiger partial charge is 0.493 e. The number of halogens is 1. The zero-order chi connectivity index (χ0) is 18.9. The van der Waals surface area contributed by atoms with Crippen LogP contribution in [0.1, 0.15) is 22.8 Å². The second-order valence-electron chi connectivity index (χ2n) is 5.74. The number of Topliss-reactive ketones (excluding diaryl/α,β-unsaturated/α-hetero) is 1. The summed E-state index contributed by atoms with van der Waals surface area (Å²) in [6, 6.07) is 8.16. The number of hydrogen-bond acceptors (Lipinski definition) is 5. The number of carbonyl (C=O) groups excluding carboxylic acids is 1. The fourth-order valence-electron chi connectivity index (χ4n) is 2.83. The molecule has 0 radical (unpaired) electrons. The van der Waals surface area contributed by atoms with E-state index in [0.29, 0.717) is 23.7 Å². The van der Waals surface area contributed by atoms with Crippen molar-refractivity contribution in [3.05, 3.63) is 58.9 Å². The van der Waals surface area contributed by atoms with Crippen LogP contribution in [0.5, 0.6) is 11.5 Å². The number of rotatable bonds is 4. The summed E-state index contributed by atoms with van der Waals surface area (Å²) in [4.78, 5) is 12.5. The van der Waals surface area contributed by atoms with Gasteiger partial charge in [0.15, 0.2) is 27.1 Å². The van der Waals surface area contributed by atoms with Crippen molar-refractivity contribution in [2.24, 2.45) is 0 Å². The molecule has 0 amide bonds. The third-order valence-electron chi connectivity index (χ3n) is 3.99. The van der Waals surface area contributed by atoms with Gasteiger partial charge in [0.2, 0.25) is 0 Å². The van der Waals surface area contributed by atoms with E-state index < -0.39 is 27.2 Å². The molecule has 0 spiro atoms. The minimum absolute atomic E-state index is 0.0794. The molecule has 3 rings (SSSR count). The molecule has 0 N–H and O–H groups in total. The first-order valence-corrected chi connectivity index (χ1v) is 9.59. The van der Waals surface area contributed by atoms with Crippen LogP contribution in [0.15, 0.2) is 46.9 Å². The normalized spacial score (nSPS) is 17.0. The Hall–Kier alpha value is -2.67. The van der Waals surface area contributed by atoms with Crippen molar-refractivity contribution in [3.8, 4) is 11.5 Å². The highest BCUT2D eigenvalue weighted by Gasteiger charge is 2.33. The molecule has 0 saturated carbocycles. The van der Waals surface area contributed by atoms with Gasteiger partial charge in [0.25, 0.3) is 0 Å². The van der Waals surface area contributed by atoms with Gasteiger partial charge >= 0.3 is 0 Å². The highest BCUT2D eigenvalue weighted by molar-refractivity contribution is 7.91. The van der Waals surface area contributed by atoms with Crippen molar-refractivity contribution < 1.29 is 27.1 Å². The van der Waals surface area contributed by atoms with Gasteiger partial charge < -0.3 is 9.47 Å². The van der Waals surface area contributed by atoms with Crippen LogP contribution in [-0.2, 0) is 9.84 Å². The summed E-state index contributed by atoms with van der Waals surface area (Å²) in [6.45, 7) is 2.25. The molecule has 2 aromatic carbocycles. The van der Waals surface area contributed by atoms with Gasteiger partial charge in [-0.1, -0.05) is 6.07 Å². The fraction of sp³-hybridized carbons (Fsp3) is 0.211. The zero-order valence-corrected chi connectivity index (χ0v) is 15.1. The van der Waals surface area contributed by atoms with Crippen LogP contribution in [0.4, 0.5) is 4.39 Å². The average Bonchev–Trinajstić information content (AvgIpc) is 2.59. The van der Waals surface area contributed by atoms with Gasteiger partial charge in [-0.05, 0) is 48.9 Å². The van der Waals surface area contributed by atoms with Crippen molar-refractivity contribution in [1.29, 1.82) is 0 Å². The molecule has 1 aliphatic heterocycles. The van der Waals surface area contributed by atoms with Gasteiger partial charge in [0.1, 0.15) is 5.82 Å². The number of fused-ring (bicyclic) bond motifs is 1. The Morgan fingerprint density at radius 3 is 2.62 bits per heavy atom. The number of ether oxygens (including phenoxy) is 2. The summed E-state index contributed by atoms with van der Waals surface area (Å²) >= 11 is 0. The first kappa shape index (κ1) is 18.1. The van der Waals surface area contributed by atoms with Crippen LogP contribution in [0.2, 0.25) is 0 Å². The zero-order valence-electron chi connectivity index (χ0n) is 14.3. The lowest BCUT2D eigenvalue weighted by Crippen LogP contribution is -2.24. The lowest BCUT2D eigenvalue weighted by atomic mass is 10.0. The summed E-state index contributed by atoms with van der Waals surface area (Å²) < 4.78 is 49.1. The molecule has 2 aromatic rings. The minimum atomic E-state index is -3.71. The maximum absolute atomic E-state index is 13.5. The van der Waals surface area contributed by atoms with Crippen molar-refractivity contribution >= 4 is 21.7 Å². The second-order valence-corrected chi connectivity index (χ2v) is 7.70. The minimum Gasteiger partial charge on any atom is -0.493 e. The van der Waals surface area contributed by atoms with Gasteiger partial charge in [0.05, 0.1) is 24.4 Å². The highest BCUT2D eigenvalue weighted by Crippen LogP contribution is 2.32. The summed E-state index contributed by atoms with van der Waals surface area (Å²) in [5.41, 5.74) is 0.532. The van der Waals surface area contributed by atoms with Crippen LogP contribution in [-0.4, -0.2) is 33.7 Å². The maximum Gasteiger partial charge on any atom is 0.191 e. The smallest absolute Gasteiger partial charge is 0.191 e. The molecule has 26 heavy (non-hydrogen) atoms. The summed E-state index contributed by atoms with van der Waals surface area (Å²) in [5.74, 6) is -0.564. The lowest BCUT2D eigenvalue weighted by Gasteiger charge is -2.18. The topological polar surface area (TPSA) is 69.7 Å². The summed E-state index contributed by atoms with van der Waals surface area (Å²) in [5, 5.41) is 0. The SMILES string of the molecule is CCOc1cc(C=C2CS(=O)(=O)c3ccc(F)cc3C2=O)ccc1OC. The molecule has 5 nitrogen and oxygen atoms in total. The van der Waals surface area contributed by atoms with Crippen LogP contribution in [0.3, 0.4) is 0 Å². The molecule has 0 saturated heterocycles. The monoisotopic (exact) mass is 376 g/mol. The molecular formula is C19H17FO5S. The van der Waals surface area contributed by atoms with Crippen molar-refractivity contribution in [3.63, 3.8) is 0 Å². The molecule has 0 bridgehead atoms. The molecule has 0 fully saturated rings. The Morgan fingerprint density at radius 1 is 1.15 bits per heavy atom. The van der Waals surface area contributed by atoms with Crippen LogP contribution < -0.4 is 9.47 Å². The van der Waals surface area contributed by atoms with E-state index in [9.17, 15) is 17.6 Å². The summed E-state index contributed by atoms with van der Waals surface area (Å²) in [6.07, 6.45) is 1.48. The van der Waals surface area contributed by atoms with Crippen LogP contribution in [0, 0.1) is 5.82 Å². The number of carbonyl (C=O) groups is 1. The quantitative estimate of drug-likeness (QED) is 0.605. The standard InChI is InChI=1S/C19H17FO5S/c1-3-25-17-9-12(4-6-16(17)24-2)8-13-11-26(22,23)18-7-5-14(20)10-15(18)19(13)21/h4-10H,3,11H2,1-2H3. The Bertz CT molecular complexity index is 1010. The van der Waals surface area contributed by atoms with Crippen molar-refractivity contribution in [2.45, 2.75) is 11.8 Å². The fourth-order valence-corrected chi connectivity index (χ4v) is 4.37. The first-order valence-electron chi connectivity index (χ1n) is 7.94. The highest BCUT2D eigenvalue weighted by atomic mass is 32.2. The van der Waals surface area contributed by atoms with Crippen molar-refractivity contribution in [1.82, 2.24) is 0 Å². The number of methoxy groups -OCH3 is 1. The third-order valence-corrected chi connectivity index (χ3v) is 5.70. The van der Waals surface area contributed by atoms with E-state index in [2.05, 4.69) is 0 Å². The van der Waals surface area contributed by atoms with E-state index in [4.69, 9.17) is 9.47 Å². The Morgan fingerprint density at radius 2 is 1.92 bits per heavy atom. The summed E-state index contributed by atoms with van der Waals surface area (Å²) in [7, 11) is -2.19. The Balaban J connectivity index is 2.07. The van der Waals surface area contributed by atoms with E-state index >= 15 is 0 Å². The van der Waals surface area contributed by atoms with E-state index in [0.717, 1.165) is 18.2 Å². The predicted octanol–water partition coefficient (Wildman–Crippen LogP) is 3.29. The van der Waals surface area contributed by atoms with Crippen molar-refractivity contribution in [2.75, 3.05) is 19.5 Å². The molecular weight excluding hydrogens is 359 g/mol.